The number of benzene rings is 1. The molecule has 1 saturated heterocycles. The maximum Gasteiger partial charge on any atom is 0.311 e. The molecule has 7 heteroatoms. The van der Waals surface area contributed by atoms with Gasteiger partial charge in [0.05, 0.1) is 10.4 Å². The number of rotatable bonds is 4. The van der Waals surface area contributed by atoms with E-state index >= 15 is 0 Å². The Balaban J connectivity index is 1.95. The molecule has 0 radical (unpaired) electrons. The van der Waals surface area contributed by atoms with E-state index in [2.05, 4.69) is 44.7 Å². The number of nitro groups is 1. The normalized spacial score (nSPS) is 16.6. The molecule has 0 bridgehead atoms. The Morgan fingerprint density at radius 3 is 2.83 bits per heavy atom. The molecule has 0 unspecified atom stereocenters. The van der Waals surface area contributed by atoms with Crippen molar-refractivity contribution in [3.05, 3.63) is 38.1 Å². The fourth-order valence-corrected chi connectivity index (χ4v) is 3.53. The van der Waals surface area contributed by atoms with E-state index in [1.165, 1.54) is 6.20 Å². The number of hydrogen-bond acceptors (Lipinski definition) is 5. The van der Waals surface area contributed by atoms with E-state index in [0.29, 0.717) is 5.69 Å². The number of pyridine rings is 1. The molecule has 1 aliphatic heterocycles. The smallest absolute Gasteiger partial charge is 0.311 e. The zero-order chi connectivity index (χ0) is 16.4. The van der Waals surface area contributed by atoms with Gasteiger partial charge in [-0.05, 0) is 60.2 Å². The number of anilines is 1. The molecule has 0 spiro atoms. The van der Waals surface area contributed by atoms with Gasteiger partial charge < -0.3 is 10.2 Å². The number of fused-ring (bicyclic) bond motifs is 1. The van der Waals surface area contributed by atoms with E-state index < -0.39 is 0 Å². The van der Waals surface area contributed by atoms with E-state index in [0.717, 1.165) is 46.9 Å². The van der Waals surface area contributed by atoms with Crippen LogP contribution < -0.4 is 5.32 Å². The molecule has 3 rings (SSSR count). The third-order valence-corrected chi connectivity index (χ3v) is 5.06. The lowest BCUT2D eigenvalue weighted by molar-refractivity contribution is -0.384. The third kappa shape index (κ3) is 3.55. The summed E-state index contributed by atoms with van der Waals surface area (Å²) in [5.41, 5.74) is 1.44. The number of nitrogens with zero attached hydrogens (tertiary/aromatic N) is 3. The Labute approximate surface area is 148 Å². The molecule has 2 heterocycles. The van der Waals surface area contributed by atoms with Gasteiger partial charge in [0.1, 0.15) is 11.9 Å². The van der Waals surface area contributed by atoms with Crippen molar-refractivity contribution in [2.75, 3.05) is 25.0 Å². The van der Waals surface area contributed by atoms with Gasteiger partial charge in [-0.25, -0.2) is 4.98 Å². The fraction of sp³-hybridized carbons (Fsp3) is 0.438. The highest BCUT2D eigenvalue weighted by Gasteiger charge is 2.24. The first-order chi connectivity index (χ1) is 11.1. The van der Waals surface area contributed by atoms with Crippen LogP contribution in [0, 0.1) is 13.7 Å². The minimum Gasteiger partial charge on any atom is -0.376 e. The summed E-state index contributed by atoms with van der Waals surface area (Å²) in [6, 6.07) is 6.09. The van der Waals surface area contributed by atoms with Crippen LogP contribution in [0.1, 0.15) is 19.8 Å². The van der Waals surface area contributed by atoms with E-state index in [9.17, 15) is 10.1 Å². The van der Waals surface area contributed by atoms with Crippen molar-refractivity contribution in [2.45, 2.75) is 25.8 Å². The van der Waals surface area contributed by atoms with Crippen molar-refractivity contribution in [3.63, 3.8) is 0 Å². The summed E-state index contributed by atoms with van der Waals surface area (Å²) in [6.07, 6.45) is 3.36. The van der Waals surface area contributed by atoms with Crippen molar-refractivity contribution in [3.8, 4) is 0 Å². The van der Waals surface area contributed by atoms with E-state index in [1.54, 1.807) is 0 Å². The fourth-order valence-electron chi connectivity index (χ4n) is 3.04. The van der Waals surface area contributed by atoms with Crippen LogP contribution in [0.25, 0.3) is 10.9 Å². The first-order valence-corrected chi connectivity index (χ1v) is 8.88. The number of aromatic nitrogens is 1. The molecule has 0 amide bonds. The zero-order valence-corrected chi connectivity index (χ0v) is 15.1. The van der Waals surface area contributed by atoms with Crippen molar-refractivity contribution in [1.29, 1.82) is 0 Å². The highest BCUT2D eigenvalue weighted by Crippen LogP contribution is 2.34. The van der Waals surface area contributed by atoms with E-state index in [4.69, 9.17) is 0 Å². The van der Waals surface area contributed by atoms with Gasteiger partial charge in [-0.2, -0.15) is 0 Å². The summed E-state index contributed by atoms with van der Waals surface area (Å²) in [5.74, 6) is 0. The highest BCUT2D eigenvalue weighted by molar-refractivity contribution is 14.1. The standard InChI is InChI=1S/C16H19IN4O2/c1-2-20-7-5-12(6-8-20)19-16-13-9-11(17)3-4-14(13)18-10-15(16)21(22)23/h3-4,9-10,12H,2,5-8H2,1H3,(H,18,19). The first kappa shape index (κ1) is 16.4. The summed E-state index contributed by atoms with van der Waals surface area (Å²) in [5, 5.41) is 15.7. The number of hydrogen-bond donors (Lipinski definition) is 1. The Bertz CT molecular complexity index is 729. The lowest BCUT2D eigenvalue weighted by Crippen LogP contribution is -2.39. The second-order valence-corrected chi connectivity index (χ2v) is 7.04. The van der Waals surface area contributed by atoms with Crippen molar-refractivity contribution in [1.82, 2.24) is 9.88 Å². The lowest BCUT2D eigenvalue weighted by atomic mass is 10.0. The van der Waals surface area contributed by atoms with Crippen LogP contribution in [-0.4, -0.2) is 40.5 Å². The van der Waals surface area contributed by atoms with Crippen molar-refractivity contribution >= 4 is 44.9 Å². The third-order valence-electron chi connectivity index (χ3n) is 4.39. The zero-order valence-electron chi connectivity index (χ0n) is 13.0. The Morgan fingerprint density at radius 1 is 1.43 bits per heavy atom. The van der Waals surface area contributed by atoms with Crippen molar-refractivity contribution in [2.24, 2.45) is 0 Å². The molecular weight excluding hydrogens is 407 g/mol. The van der Waals surface area contributed by atoms with Gasteiger partial charge in [-0.15, -0.1) is 0 Å². The maximum atomic E-state index is 11.4. The van der Waals surface area contributed by atoms with Crippen LogP contribution in [0.4, 0.5) is 11.4 Å². The predicted molar refractivity (Wildman–Crippen MR) is 99.9 cm³/mol. The van der Waals surface area contributed by atoms with E-state index in [-0.39, 0.29) is 16.7 Å². The molecule has 1 aliphatic rings. The summed E-state index contributed by atoms with van der Waals surface area (Å²) >= 11 is 2.22. The average molecular weight is 426 g/mol. The molecular formula is C16H19IN4O2. The van der Waals surface area contributed by atoms with Gasteiger partial charge in [0.25, 0.3) is 0 Å². The quantitative estimate of drug-likeness (QED) is 0.459. The maximum absolute atomic E-state index is 11.4. The van der Waals surface area contributed by atoms with Crippen LogP contribution in [0.5, 0.6) is 0 Å². The average Bonchev–Trinajstić information content (AvgIpc) is 2.55. The number of halogens is 1. The van der Waals surface area contributed by atoms with Crippen LogP contribution >= 0.6 is 22.6 Å². The second-order valence-electron chi connectivity index (χ2n) is 5.79. The molecule has 0 saturated carbocycles. The van der Waals surface area contributed by atoms with Crippen LogP contribution in [-0.2, 0) is 0 Å². The molecule has 2 aromatic rings. The second kappa shape index (κ2) is 6.96. The molecule has 0 aliphatic carbocycles. The number of nitrogens with one attached hydrogen (secondary N) is 1. The molecule has 1 aromatic carbocycles. The molecule has 6 nitrogen and oxygen atoms in total. The van der Waals surface area contributed by atoms with Crippen LogP contribution in [0.3, 0.4) is 0 Å². The molecule has 1 aromatic heterocycles. The Morgan fingerprint density at radius 2 is 2.17 bits per heavy atom. The lowest BCUT2D eigenvalue weighted by Gasteiger charge is -2.32. The van der Waals surface area contributed by atoms with E-state index in [1.807, 2.05) is 18.2 Å². The summed E-state index contributed by atoms with van der Waals surface area (Å²) in [4.78, 5) is 17.7. The van der Waals surface area contributed by atoms with Gasteiger partial charge >= 0.3 is 5.69 Å². The SMILES string of the molecule is CCN1CCC(Nc2c([N+](=O)[O-])cnc3ccc(I)cc23)CC1. The Kier molecular flexibility index (Phi) is 4.96. The summed E-state index contributed by atoms with van der Waals surface area (Å²) < 4.78 is 1.04. The minimum atomic E-state index is -0.351. The molecule has 23 heavy (non-hydrogen) atoms. The molecule has 122 valence electrons. The van der Waals surface area contributed by atoms with Gasteiger partial charge in [-0.1, -0.05) is 6.92 Å². The molecule has 0 atom stereocenters. The summed E-state index contributed by atoms with van der Waals surface area (Å²) in [7, 11) is 0. The van der Waals surface area contributed by atoms with Gasteiger partial charge in [-0.3, -0.25) is 10.1 Å². The minimum absolute atomic E-state index is 0.0532. The van der Waals surface area contributed by atoms with Gasteiger partial charge in [0.2, 0.25) is 0 Å². The highest BCUT2D eigenvalue weighted by atomic mass is 127. The van der Waals surface area contributed by atoms with Gasteiger partial charge in [0, 0.05) is 28.1 Å². The number of likely N-dealkylation sites (tertiary alicyclic amines) is 1. The van der Waals surface area contributed by atoms with Crippen molar-refractivity contribution < 1.29 is 4.92 Å². The van der Waals surface area contributed by atoms with Crippen LogP contribution in [0.15, 0.2) is 24.4 Å². The monoisotopic (exact) mass is 426 g/mol. The number of piperidine rings is 1. The molecule has 1 N–H and O–H groups in total. The summed E-state index contributed by atoms with van der Waals surface area (Å²) in [6.45, 7) is 5.28. The van der Waals surface area contributed by atoms with Gasteiger partial charge in [0.15, 0.2) is 0 Å². The largest absolute Gasteiger partial charge is 0.376 e. The molecule has 1 fully saturated rings. The van der Waals surface area contributed by atoms with Crippen LogP contribution in [0.2, 0.25) is 0 Å². The first-order valence-electron chi connectivity index (χ1n) is 7.80. The Hall–Kier alpha value is -1.48. The predicted octanol–water partition coefficient (Wildman–Crippen LogP) is 3.64. The topological polar surface area (TPSA) is 71.3 Å².